The van der Waals surface area contributed by atoms with Crippen LogP contribution < -0.4 is 5.32 Å². The molecule has 2 aliphatic heterocycles. The summed E-state index contributed by atoms with van der Waals surface area (Å²) < 4.78 is 5.99. The molecule has 0 unspecified atom stereocenters. The maximum absolute atomic E-state index is 12.3. The Morgan fingerprint density at radius 3 is 2.92 bits per heavy atom. The summed E-state index contributed by atoms with van der Waals surface area (Å²) >= 11 is 0. The minimum atomic E-state index is 0.00265. The SMILES string of the molecule is O=C(C[C@@H]1OC[C@H]2CN(Cc3ccncc3)CC[C@H]21)Nc1cccnc1. The van der Waals surface area contributed by atoms with E-state index in [0.717, 1.165) is 38.3 Å². The number of amides is 1. The molecule has 2 aromatic heterocycles. The van der Waals surface area contributed by atoms with Crippen LogP contribution in [0.5, 0.6) is 0 Å². The number of anilines is 1. The number of hydrogen-bond donors (Lipinski definition) is 1. The van der Waals surface area contributed by atoms with E-state index in [-0.39, 0.29) is 12.0 Å². The maximum atomic E-state index is 12.3. The van der Waals surface area contributed by atoms with Gasteiger partial charge in [-0.15, -0.1) is 0 Å². The zero-order chi connectivity index (χ0) is 17.8. The molecule has 6 nitrogen and oxygen atoms in total. The summed E-state index contributed by atoms with van der Waals surface area (Å²) in [6, 6.07) is 7.81. The molecule has 0 saturated carbocycles. The molecule has 0 bridgehead atoms. The van der Waals surface area contributed by atoms with Crippen molar-refractivity contribution in [1.29, 1.82) is 0 Å². The number of rotatable bonds is 5. The van der Waals surface area contributed by atoms with Crippen LogP contribution in [0.3, 0.4) is 0 Å². The van der Waals surface area contributed by atoms with Crippen molar-refractivity contribution in [3.05, 3.63) is 54.6 Å². The van der Waals surface area contributed by atoms with E-state index >= 15 is 0 Å². The first-order chi connectivity index (χ1) is 12.8. The van der Waals surface area contributed by atoms with E-state index < -0.39 is 0 Å². The van der Waals surface area contributed by atoms with Gasteiger partial charge in [0, 0.05) is 37.6 Å². The molecule has 4 rings (SSSR count). The summed E-state index contributed by atoms with van der Waals surface area (Å²) in [4.78, 5) is 22.9. The molecular weight excluding hydrogens is 328 g/mol. The molecule has 136 valence electrons. The van der Waals surface area contributed by atoms with Crippen LogP contribution >= 0.6 is 0 Å². The lowest BCUT2D eigenvalue weighted by atomic mass is 9.83. The number of carbonyl (C=O) groups excluding carboxylic acids is 1. The van der Waals surface area contributed by atoms with Gasteiger partial charge in [0.1, 0.15) is 0 Å². The number of nitrogens with one attached hydrogen (secondary N) is 1. The van der Waals surface area contributed by atoms with E-state index in [1.165, 1.54) is 5.56 Å². The summed E-state index contributed by atoms with van der Waals surface area (Å²) in [7, 11) is 0. The Morgan fingerprint density at radius 1 is 1.23 bits per heavy atom. The van der Waals surface area contributed by atoms with Gasteiger partial charge >= 0.3 is 0 Å². The molecule has 1 amide bonds. The fraction of sp³-hybridized carbons (Fsp3) is 0.450. The second-order valence-corrected chi connectivity index (χ2v) is 7.17. The number of fused-ring (bicyclic) bond motifs is 1. The van der Waals surface area contributed by atoms with E-state index in [4.69, 9.17) is 4.74 Å². The molecule has 0 spiro atoms. The van der Waals surface area contributed by atoms with Crippen molar-refractivity contribution in [3.63, 3.8) is 0 Å². The largest absolute Gasteiger partial charge is 0.377 e. The molecule has 0 aliphatic carbocycles. The molecule has 2 saturated heterocycles. The van der Waals surface area contributed by atoms with Crippen molar-refractivity contribution in [1.82, 2.24) is 14.9 Å². The first kappa shape index (κ1) is 17.1. The van der Waals surface area contributed by atoms with E-state index in [0.29, 0.717) is 18.3 Å². The van der Waals surface area contributed by atoms with Gasteiger partial charge in [0.05, 0.1) is 31.0 Å². The third-order valence-electron chi connectivity index (χ3n) is 5.37. The Kier molecular flexibility index (Phi) is 5.22. The van der Waals surface area contributed by atoms with Gasteiger partial charge in [-0.05, 0) is 48.7 Å². The zero-order valence-corrected chi connectivity index (χ0v) is 14.8. The number of carbonyl (C=O) groups is 1. The second-order valence-electron chi connectivity index (χ2n) is 7.17. The lowest BCUT2D eigenvalue weighted by Crippen LogP contribution is -2.41. The highest BCUT2D eigenvalue weighted by Crippen LogP contribution is 2.36. The third-order valence-corrected chi connectivity index (χ3v) is 5.37. The van der Waals surface area contributed by atoms with Gasteiger partial charge in [0.25, 0.3) is 0 Å². The van der Waals surface area contributed by atoms with Crippen molar-refractivity contribution in [3.8, 4) is 0 Å². The fourth-order valence-electron chi connectivity index (χ4n) is 4.09. The minimum absolute atomic E-state index is 0.00265. The summed E-state index contributed by atoms with van der Waals surface area (Å²) in [5, 5.41) is 2.91. The molecule has 4 heterocycles. The molecule has 2 fully saturated rings. The van der Waals surface area contributed by atoms with Crippen molar-refractivity contribution in [2.24, 2.45) is 11.8 Å². The van der Waals surface area contributed by atoms with Crippen LogP contribution in [0.25, 0.3) is 0 Å². The molecule has 0 radical (unpaired) electrons. The summed E-state index contributed by atoms with van der Waals surface area (Å²) in [6.07, 6.45) is 8.57. The minimum Gasteiger partial charge on any atom is -0.377 e. The molecule has 1 N–H and O–H groups in total. The molecule has 2 aliphatic rings. The summed E-state index contributed by atoms with van der Waals surface area (Å²) in [5.41, 5.74) is 2.03. The van der Waals surface area contributed by atoms with E-state index in [1.807, 2.05) is 24.5 Å². The highest BCUT2D eigenvalue weighted by molar-refractivity contribution is 5.90. The number of pyridine rings is 2. The first-order valence-electron chi connectivity index (χ1n) is 9.20. The van der Waals surface area contributed by atoms with Gasteiger partial charge in [-0.1, -0.05) is 0 Å². The summed E-state index contributed by atoms with van der Waals surface area (Å²) in [6.45, 7) is 3.79. The van der Waals surface area contributed by atoms with Crippen molar-refractivity contribution in [2.45, 2.75) is 25.5 Å². The van der Waals surface area contributed by atoms with Crippen LogP contribution in [0.4, 0.5) is 5.69 Å². The molecule has 6 heteroatoms. The van der Waals surface area contributed by atoms with Crippen molar-refractivity contribution >= 4 is 11.6 Å². The first-order valence-corrected chi connectivity index (χ1v) is 9.20. The number of likely N-dealkylation sites (tertiary alicyclic amines) is 1. The van der Waals surface area contributed by atoms with Crippen LogP contribution in [0.15, 0.2) is 49.1 Å². The standard InChI is InChI=1S/C20H24N4O2/c25-20(23-17-2-1-6-22-11-17)10-19-18-5-9-24(13-16(18)14-26-19)12-15-3-7-21-8-4-15/h1-4,6-8,11,16,18-19H,5,9-10,12-14H2,(H,23,25)/t16-,18-,19+/m1/s1. The third kappa shape index (κ3) is 4.08. The second kappa shape index (κ2) is 7.93. The van der Waals surface area contributed by atoms with E-state index in [9.17, 15) is 4.79 Å². The lowest BCUT2D eigenvalue weighted by molar-refractivity contribution is -0.118. The quantitative estimate of drug-likeness (QED) is 0.895. The molecule has 0 aromatic carbocycles. The molecule has 26 heavy (non-hydrogen) atoms. The molecule has 2 aromatic rings. The highest BCUT2D eigenvalue weighted by Gasteiger charge is 2.41. The average molecular weight is 352 g/mol. The number of nitrogens with zero attached hydrogens (tertiary/aromatic N) is 3. The lowest BCUT2D eigenvalue weighted by Gasteiger charge is -2.35. The van der Waals surface area contributed by atoms with Crippen LogP contribution in [0.2, 0.25) is 0 Å². The van der Waals surface area contributed by atoms with E-state index in [2.05, 4.69) is 32.3 Å². The predicted molar refractivity (Wildman–Crippen MR) is 98.3 cm³/mol. The van der Waals surface area contributed by atoms with Crippen LogP contribution in [-0.2, 0) is 16.1 Å². The number of aromatic nitrogens is 2. The Morgan fingerprint density at radius 2 is 2.12 bits per heavy atom. The highest BCUT2D eigenvalue weighted by atomic mass is 16.5. The number of ether oxygens (including phenoxy) is 1. The van der Waals surface area contributed by atoms with Crippen LogP contribution in [0, 0.1) is 11.8 Å². The monoisotopic (exact) mass is 352 g/mol. The number of piperidine rings is 1. The number of hydrogen-bond acceptors (Lipinski definition) is 5. The molecule has 3 atom stereocenters. The van der Waals surface area contributed by atoms with Crippen molar-refractivity contribution < 1.29 is 9.53 Å². The van der Waals surface area contributed by atoms with Gasteiger partial charge in [-0.25, -0.2) is 0 Å². The van der Waals surface area contributed by atoms with Crippen LogP contribution in [0.1, 0.15) is 18.4 Å². The van der Waals surface area contributed by atoms with Crippen molar-refractivity contribution in [2.75, 3.05) is 25.0 Å². The Bertz CT molecular complexity index is 725. The molecular formula is C20H24N4O2. The van der Waals surface area contributed by atoms with Gasteiger partial charge in [-0.2, -0.15) is 0 Å². The Balaban J connectivity index is 1.29. The Labute approximate surface area is 153 Å². The maximum Gasteiger partial charge on any atom is 0.227 e. The normalized spacial score (nSPS) is 25.6. The van der Waals surface area contributed by atoms with Gasteiger partial charge < -0.3 is 10.1 Å². The smallest absolute Gasteiger partial charge is 0.227 e. The predicted octanol–water partition coefficient (Wildman–Crippen LogP) is 2.34. The van der Waals surface area contributed by atoms with Crippen LogP contribution in [-0.4, -0.2) is 46.6 Å². The summed E-state index contributed by atoms with van der Waals surface area (Å²) in [5.74, 6) is 0.994. The van der Waals surface area contributed by atoms with Gasteiger partial charge in [0.15, 0.2) is 0 Å². The topological polar surface area (TPSA) is 67.3 Å². The fourth-order valence-corrected chi connectivity index (χ4v) is 4.09. The average Bonchev–Trinajstić information content (AvgIpc) is 3.05. The Hall–Kier alpha value is -2.31. The van der Waals surface area contributed by atoms with E-state index in [1.54, 1.807) is 12.4 Å². The zero-order valence-electron chi connectivity index (χ0n) is 14.8. The van der Waals surface area contributed by atoms with Gasteiger partial charge in [0.2, 0.25) is 5.91 Å². The van der Waals surface area contributed by atoms with Gasteiger partial charge in [-0.3, -0.25) is 19.7 Å².